The SMILES string of the molecule is CCCCc1c(C)csc1C1=NC(SC(=N)c2scc3c2CCCC3)=C(C)CS1. The Balaban J connectivity index is 1.57. The first-order valence-electron chi connectivity index (χ1n) is 10.4. The minimum absolute atomic E-state index is 0.677. The molecule has 0 aromatic carbocycles. The number of aryl methyl sites for hydroxylation is 2. The number of rotatable bonds is 6. The van der Waals surface area contributed by atoms with Crippen molar-refractivity contribution in [1.29, 1.82) is 5.41 Å². The van der Waals surface area contributed by atoms with Gasteiger partial charge in [-0.2, -0.15) is 0 Å². The molecule has 0 unspecified atom stereocenters. The molecule has 2 nitrogen and oxygen atoms in total. The molecule has 0 spiro atoms. The molecule has 0 radical (unpaired) electrons. The van der Waals surface area contributed by atoms with E-state index < -0.39 is 0 Å². The summed E-state index contributed by atoms with van der Waals surface area (Å²) in [4.78, 5) is 7.60. The fourth-order valence-electron chi connectivity index (χ4n) is 3.85. The predicted octanol–water partition coefficient (Wildman–Crippen LogP) is 7.82. The Morgan fingerprint density at radius 3 is 2.83 bits per heavy atom. The number of unbranched alkanes of at least 4 members (excludes halogenated alkanes) is 1. The van der Waals surface area contributed by atoms with Crippen LogP contribution in [-0.2, 0) is 19.3 Å². The van der Waals surface area contributed by atoms with E-state index in [1.54, 1.807) is 23.1 Å². The van der Waals surface area contributed by atoms with Crippen molar-refractivity contribution in [1.82, 2.24) is 0 Å². The van der Waals surface area contributed by atoms with E-state index in [-0.39, 0.29) is 0 Å². The molecular formula is C23H28N2S4. The maximum atomic E-state index is 8.79. The fourth-order valence-corrected chi connectivity index (χ4v) is 8.27. The van der Waals surface area contributed by atoms with Crippen LogP contribution >= 0.6 is 46.2 Å². The molecule has 4 rings (SSSR count). The summed E-state index contributed by atoms with van der Waals surface area (Å²) >= 11 is 7.02. The van der Waals surface area contributed by atoms with Crippen molar-refractivity contribution < 1.29 is 0 Å². The number of nitrogens with zero attached hydrogens (tertiary/aromatic N) is 1. The molecule has 0 saturated heterocycles. The Hall–Kier alpha value is -0.820. The molecule has 2 aliphatic rings. The summed E-state index contributed by atoms with van der Waals surface area (Å²) in [7, 11) is 0. The van der Waals surface area contributed by atoms with Gasteiger partial charge >= 0.3 is 0 Å². The Kier molecular flexibility index (Phi) is 7.05. The zero-order chi connectivity index (χ0) is 20.4. The Morgan fingerprint density at radius 1 is 1.17 bits per heavy atom. The second kappa shape index (κ2) is 9.54. The van der Waals surface area contributed by atoms with Gasteiger partial charge in [-0.15, -0.1) is 34.4 Å². The van der Waals surface area contributed by atoms with Crippen molar-refractivity contribution in [2.45, 2.75) is 65.7 Å². The molecule has 3 heterocycles. The van der Waals surface area contributed by atoms with E-state index in [9.17, 15) is 0 Å². The highest BCUT2D eigenvalue weighted by atomic mass is 32.2. The molecule has 1 aliphatic carbocycles. The number of hydrogen-bond donors (Lipinski definition) is 1. The predicted molar refractivity (Wildman–Crippen MR) is 135 cm³/mol. The first-order chi connectivity index (χ1) is 14.1. The second-order valence-electron chi connectivity index (χ2n) is 7.83. The molecular weight excluding hydrogens is 433 g/mol. The number of nitrogens with one attached hydrogen (secondary N) is 1. The van der Waals surface area contributed by atoms with E-state index in [1.165, 1.54) is 69.7 Å². The van der Waals surface area contributed by atoms with Crippen LogP contribution in [0.1, 0.15) is 71.5 Å². The van der Waals surface area contributed by atoms with Gasteiger partial charge in [0, 0.05) is 5.75 Å². The maximum Gasteiger partial charge on any atom is 0.115 e. The molecule has 0 atom stereocenters. The van der Waals surface area contributed by atoms with Crippen molar-refractivity contribution in [3.05, 3.63) is 53.4 Å². The summed E-state index contributed by atoms with van der Waals surface area (Å²) in [5.74, 6) is 0.973. The van der Waals surface area contributed by atoms with Crippen LogP contribution in [0.3, 0.4) is 0 Å². The fraction of sp³-hybridized carbons (Fsp3) is 0.478. The smallest absolute Gasteiger partial charge is 0.115 e. The van der Waals surface area contributed by atoms with Crippen LogP contribution in [0.25, 0.3) is 0 Å². The lowest BCUT2D eigenvalue weighted by Gasteiger charge is -2.18. The van der Waals surface area contributed by atoms with Crippen LogP contribution < -0.4 is 0 Å². The first-order valence-corrected chi connectivity index (χ1v) is 14.0. The number of thiophene rings is 2. The number of hydrogen-bond acceptors (Lipinski definition) is 6. The van der Waals surface area contributed by atoms with Gasteiger partial charge in [0.1, 0.15) is 15.1 Å². The van der Waals surface area contributed by atoms with Gasteiger partial charge in [-0.05, 0) is 103 Å². The van der Waals surface area contributed by atoms with E-state index in [2.05, 4.69) is 31.5 Å². The normalized spacial score (nSPS) is 16.7. The Labute approximate surface area is 190 Å². The number of thioether (sulfide) groups is 2. The zero-order valence-electron chi connectivity index (χ0n) is 17.4. The highest BCUT2D eigenvalue weighted by Gasteiger charge is 2.23. The van der Waals surface area contributed by atoms with Crippen LogP contribution in [0.4, 0.5) is 0 Å². The van der Waals surface area contributed by atoms with E-state index in [1.807, 2.05) is 23.1 Å². The van der Waals surface area contributed by atoms with Gasteiger partial charge in [0.05, 0.1) is 9.75 Å². The van der Waals surface area contributed by atoms with Gasteiger partial charge in [0.15, 0.2) is 0 Å². The van der Waals surface area contributed by atoms with Gasteiger partial charge in [-0.1, -0.05) is 13.3 Å². The summed E-state index contributed by atoms with van der Waals surface area (Å²) in [6.45, 7) is 6.65. The third-order valence-corrected chi connectivity index (χ3v) is 10.3. The van der Waals surface area contributed by atoms with Gasteiger partial charge in [0.2, 0.25) is 0 Å². The zero-order valence-corrected chi connectivity index (χ0v) is 20.7. The topological polar surface area (TPSA) is 36.2 Å². The van der Waals surface area contributed by atoms with E-state index in [0.29, 0.717) is 5.04 Å². The number of fused-ring (bicyclic) bond motifs is 1. The van der Waals surface area contributed by atoms with Crippen LogP contribution in [0, 0.1) is 12.3 Å². The van der Waals surface area contributed by atoms with E-state index in [0.717, 1.165) is 28.7 Å². The van der Waals surface area contributed by atoms with Gasteiger partial charge in [0.25, 0.3) is 0 Å². The van der Waals surface area contributed by atoms with Gasteiger partial charge in [-0.25, -0.2) is 4.99 Å². The van der Waals surface area contributed by atoms with Crippen LogP contribution in [0.2, 0.25) is 0 Å². The molecule has 0 saturated carbocycles. The van der Waals surface area contributed by atoms with Crippen LogP contribution in [0.15, 0.2) is 26.4 Å². The molecule has 29 heavy (non-hydrogen) atoms. The van der Waals surface area contributed by atoms with E-state index in [4.69, 9.17) is 10.4 Å². The highest BCUT2D eigenvalue weighted by Crippen LogP contribution is 2.39. The summed E-state index contributed by atoms with van der Waals surface area (Å²) < 4.78 is 0. The highest BCUT2D eigenvalue weighted by molar-refractivity contribution is 8.18. The second-order valence-corrected chi connectivity index (χ2v) is 11.6. The summed E-state index contributed by atoms with van der Waals surface area (Å²) in [5.41, 5.74) is 7.09. The third kappa shape index (κ3) is 4.60. The summed E-state index contributed by atoms with van der Waals surface area (Å²) in [5, 5.41) is 16.2. The molecule has 2 aromatic heterocycles. The van der Waals surface area contributed by atoms with Crippen LogP contribution in [-0.4, -0.2) is 15.8 Å². The van der Waals surface area contributed by atoms with Crippen molar-refractivity contribution in [3.63, 3.8) is 0 Å². The Morgan fingerprint density at radius 2 is 2.00 bits per heavy atom. The van der Waals surface area contributed by atoms with Crippen molar-refractivity contribution >= 4 is 56.3 Å². The molecule has 0 amide bonds. The molecule has 6 heteroatoms. The molecule has 1 aliphatic heterocycles. The minimum Gasteiger partial charge on any atom is -0.292 e. The standard InChI is InChI=1S/C23H28N2S4/c1-4-5-9-17-14(2)11-26-20(17)23-25-22(15(3)12-28-23)29-21(24)19-18-10-7-6-8-16(18)13-27-19/h11,13,24H,4-10,12H2,1-3H3. The molecule has 1 N–H and O–H groups in total. The molecule has 0 fully saturated rings. The van der Waals surface area contributed by atoms with E-state index >= 15 is 0 Å². The molecule has 0 bridgehead atoms. The maximum absolute atomic E-state index is 8.79. The lowest BCUT2D eigenvalue weighted by Crippen LogP contribution is -2.08. The summed E-state index contributed by atoms with van der Waals surface area (Å²) in [6, 6.07) is 0. The lowest BCUT2D eigenvalue weighted by molar-refractivity contribution is 0.689. The average Bonchev–Trinajstić information content (AvgIpc) is 3.32. The van der Waals surface area contributed by atoms with Gasteiger partial charge in [-0.3, -0.25) is 5.41 Å². The lowest BCUT2D eigenvalue weighted by atomic mass is 9.94. The summed E-state index contributed by atoms with van der Waals surface area (Å²) in [6.07, 6.45) is 8.46. The quantitative estimate of drug-likeness (QED) is 0.352. The monoisotopic (exact) mass is 460 g/mol. The molecule has 2 aromatic rings. The minimum atomic E-state index is 0.677. The van der Waals surface area contributed by atoms with Gasteiger partial charge < -0.3 is 0 Å². The third-order valence-electron chi connectivity index (χ3n) is 5.58. The number of aliphatic imine (C=N–C) groups is 1. The largest absolute Gasteiger partial charge is 0.292 e. The van der Waals surface area contributed by atoms with Crippen molar-refractivity contribution in [2.24, 2.45) is 4.99 Å². The van der Waals surface area contributed by atoms with Crippen molar-refractivity contribution in [3.8, 4) is 0 Å². The Bertz CT molecular complexity index is 977. The van der Waals surface area contributed by atoms with Crippen LogP contribution in [0.5, 0.6) is 0 Å². The average molecular weight is 461 g/mol. The van der Waals surface area contributed by atoms with Crippen molar-refractivity contribution in [2.75, 3.05) is 5.75 Å². The first kappa shape index (κ1) is 21.4. The molecule has 154 valence electrons.